The Morgan fingerprint density at radius 2 is 2.06 bits per heavy atom. The van der Waals surface area contributed by atoms with Crippen LogP contribution in [0.4, 0.5) is 0 Å². The molecule has 1 aromatic rings. The molecule has 0 saturated heterocycles. The van der Waals surface area contributed by atoms with Crippen molar-refractivity contribution in [3.63, 3.8) is 0 Å². The molecule has 1 amide bonds. The molecule has 0 unspecified atom stereocenters. The Hall–Kier alpha value is -0.810. The number of rotatable bonds is 3. The van der Waals surface area contributed by atoms with Crippen molar-refractivity contribution in [3.05, 3.63) is 23.0 Å². The van der Waals surface area contributed by atoms with E-state index in [2.05, 4.69) is 21.8 Å². The highest BCUT2D eigenvalue weighted by atomic mass is 35.5. The molecule has 0 aliphatic heterocycles. The van der Waals surface area contributed by atoms with E-state index in [0.29, 0.717) is 10.8 Å². The average Bonchev–Trinajstić information content (AvgIpc) is 2.40. The Morgan fingerprint density at radius 1 is 1.33 bits per heavy atom. The van der Waals surface area contributed by atoms with Gasteiger partial charge in [-0.05, 0) is 44.1 Å². The third-order valence-electron chi connectivity index (χ3n) is 3.21. The smallest absolute Gasteiger partial charge is 0.272 e. The number of nitrogens with zero attached hydrogens (tertiary/aromatic N) is 2. The number of carbonyl (C=O) groups excluding carboxylic acids is 1. The van der Waals surface area contributed by atoms with E-state index in [9.17, 15) is 4.79 Å². The lowest BCUT2D eigenvalue weighted by molar-refractivity contribution is 0.0922. The number of thioether (sulfide) groups is 1. The quantitative estimate of drug-likeness (QED) is 0.927. The number of hydrogen-bond donors (Lipinski definition) is 1. The average molecular weight is 286 g/mol. The fourth-order valence-electron chi connectivity index (χ4n) is 2.14. The molecule has 1 fully saturated rings. The Bertz CT molecular complexity index is 404. The maximum atomic E-state index is 11.9. The first kappa shape index (κ1) is 13.6. The summed E-state index contributed by atoms with van der Waals surface area (Å²) in [5, 5.41) is 11.5. The van der Waals surface area contributed by atoms with Gasteiger partial charge in [-0.2, -0.15) is 11.8 Å². The fraction of sp³-hybridized carbons (Fsp3) is 0.583. The van der Waals surface area contributed by atoms with E-state index in [1.807, 2.05) is 11.8 Å². The highest BCUT2D eigenvalue weighted by Gasteiger charge is 2.22. The van der Waals surface area contributed by atoms with Gasteiger partial charge in [0.1, 0.15) is 0 Å². The molecule has 0 radical (unpaired) electrons. The summed E-state index contributed by atoms with van der Waals surface area (Å²) in [5.41, 5.74) is 0.325. The number of hydrogen-bond acceptors (Lipinski definition) is 4. The standard InChI is InChI=1S/C12H16ClN3OS/c1-18-9-4-2-8(3-5-9)14-12(17)10-6-7-11(13)16-15-10/h6-9H,2-5H2,1H3,(H,14,17). The van der Waals surface area contributed by atoms with Gasteiger partial charge in [-0.25, -0.2) is 0 Å². The Balaban J connectivity index is 1.86. The summed E-state index contributed by atoms with van der Waals surface area (Å²) >= 11 is 7.55. The van der Waals surface area contributed by atoms with Crippen molar-refractivity contribution in [2.75, 3.05) is 6.26 Å². The molecule has 2 rings (SSSR count). The van der Waals surface area contributed by atoms with Crippen molar-refractivity contribution in [2.24, 2.45) is 0 Å². The van der Waals surface area contributed by atoms with Crippen LogP contribution in [0.5, 0.6) is 0 Å². The lowest BCUT2D eigenvalue weighted by atomic mass is 9.95. The van der Waals surface area contributed by atoms with Crippen LogP contribution in [-0.2, 0) is 0 Å². The SMILES string of the molecule is CSC1CCC(NC(=O)c2ccc(Cl)nn2)CC1. The van der Waals surface area contributed by atoms with Gasteiger partial charge in [0.15, 0.2) is 10.8 Å². The molecule has 18 heavy (non-hydrogen) atoms. The Morgan fingerprint density at radius 3 is 2.61 bits per heavy atom. The molecule has 1 aromatic heterocycles. The molecule has 1 aliphatic rings. The summed E-state index contributed by atoms with van der Waals surface area (Å²) in [6.07, 6.45) is 6.56. The van der Waals surface area contributed by atoms with Crippen LogP contribution in [0.25, 0.3) is 0 Å². The molecule has 6 heteroatoms. The summed E-state index contributed by atoms with van der Waals surface area (Å²) < 4.78 is 0. The molecule has 1 saturated carbocycles. The zero-order valence-corrected chi connectivity index (χ0v) is 11.8. The summed E-state index contributed by atoms with van der Waals surface area (Å²) in [7, 11) is 0. The maximum absolute atomic E-state index is 11.9. The second-order valence-corrected chi connectivity index (χ2v) is 5.95. The number of halogens is 1. The molecule has 98 valence electrons. The van der Waals surface area contributed by atoms with Crippen molar-refractivity contribution in [2.45, 2.75) is 37.0 Å². The molecular formula is C12H16ClN3OS. The molecule has 0 aromatic carbocycles. The lowest BCUT2D eigenvalue weighted by Gasteiger charge is -2.27. The van der Waals surface area contributed by atoms with Crippen LogP contribution in [0.2, 0.25) is 5.15 Å². The second kappa shape index (κ2) is 6.38. The third-order valence-corrected chi connectivity index (χ3v) is 4.55. The summed E-state index contributed by atoms with van der Waals surface area (Å²) in [4.78, 5) is 11.9. The molecule has 0 spiro atoms. The predicted octanol–water partition coefficient (Wildman–Crippen LogP) is 2.53. The molecule has 1 aliphatic carbocycles. The summed E-state index contributed by atoms with van der Waals surface area (Å²) in [6, 6.07) is 3.44. The normalized spacial score (nSPS) is 23.7. The molecule has 1 heterocycles. The van der Waals surface area contributed by atoms with Gasteiger partial charge in [0.2, 0.25) is 0 Å². The molecule has 0 atom stereocenters. The highest BCUT2D eigenvalue weighted by Crippen LogP contribution is 2.26. The van der Waals surface area contributed by atoms with Crippen molar-refractivity contribution in [1.82, 2.24) is 15.5 Å². The number of aromatic nitrogens is 2. The molecular weight excluding hydrogens is 270 g/mol. The van der Waals surface area contributed by atoms with Gasteiger partial charge in [0.25, 0.3) is 5.91 Å². The van der Waals surface area contributed by atoms with E-state index in [1.165, 1.54) is 12.8 Å². The molecule has 4 nitrogen and oxygen atoms in total. The fourth-order valence-corrected chi connectivity index (χ4v) is 2.98. The first-order chi connectivity index (χ1) is 8.69. The Kier molecular flexibility index (Phi) is 4.83. The Labute approximate surface area is 116 Å². The number of amides is 1. The van der Waals surface area contributed by atoms with Crippen LogP contribution in [-0.4, -0.2) is 33.7 Å². The van der Waals surface area contributed by atoms with E-state index in [-0.39, 0.29) is 11.9 Å². The maximum Gasteiger partial charge on any atom is 0.272 e. The van der Waals surface area contributed by atoms with Crippen LogP contribution < -0.4 is 5.32 Å². The lowest BCUT2D eigenvalue weighted by Crippen LogP contribution is -2.38. The van der Waals surface area contributed by atoms with Gasteiger partial charge in [-0.3, -0.25) is 4.79 Å². The van der Waals surface area contributed by atoms with Gasteiger partial charge < -0.3 is 5.32 Å². The van der Waals surface area contributed by atoms with E-state index >= 15 is 0 Å². The summed E-state index contributed by atoms with van der Waals surface area (Å²) in [6.45, 7) is 0. The number of carbonyl (C=O) groups is 1. The third kappa shape index (κ3) is 3.59. The zero-order chi connectivity index (χ0) is 13.0. The first-order valence-electron chi connectivity index (χ1n) is 6.02. The van der Waals surface area contributed by atoms with Crippen LogP contribution in [0.15, 0.2) is 12.1 Å². The topological polar surface area (TPSA) is 54.9 Å². The second-order valence-electron chi connectivity index (χ2n) is 4.42. The first-order valence-corrected chi connectivity index (χ1v) is 7.68. The zero-order valence-electron chi connectivity index (χ0n) is 10.2. The molecule has 1 N–H and O–H groups in total. The van der Waals surface area contributed by atoms with Gasteiger partial charge in [0, 0.05) is 11.3 Å². The molecule has 0 bridgehead atoms. The van der Waals surface area contributed by atoms with Crippen LogP contribution in [0, 0.1) is 0 Å². The van der Waals surface area contributed by atoms with Gasteiger partial charge >= 0.3 is 0 Å². The van der Waals surface area contributed by atoms with Crippen molar-refractivity contribution < 1.29 is 4.79 Å². The minimum atomic E-state index is -0.160. The monoisotopic (exact) mass is 285 g/mol. The van der Waals surface area contributed by atoms with Crippen LogP contribution >= 0.6 is 23.4 Å². The minimum absolute atomic E-state index is 0.160. The van der Waals surface area contributed by atoms with Gasteiger partial charge in [-0.15, -0.1) is 10.2 Å². The van der Waals surface area contributed by atoms with E-state index < -0.39 is 0 Å². The highest BCUT2D eigenvalue weighted by molar-refractivity contribution is 7.99. The largest absolute Gasteiger partial charge is 0.348 e. The van der Waals surface area contributed by atoms with Crippen molar-refractivity contribution >= 4 is 29.3 Å². The summed E-state index contributed by atoms with van der Waals surface area (Å²) in [5.74, 6) is -0.160. The predicted molar refractivity (Wildman–Crippen MR) is 74.1 cm³/mol. The van der Waals surface area contributed by atoms with E-state index in [0.717, 1.165) is 18.1 Å². The van der Waals surface area contributed by atoms with Gasteiger partial charge in [0.05, 0.1) is 0 Å². The van der Waals surface area contributed by atoms with Gasteiger partial charge in [-0.1, -0.05) is 11.6 Å². The van der Waals surface area contributed by atoms with E-state index in [4.69, 9.17) is 11.6 Å². The van der Waals surface area contributed by atoms with E-state index in [1.54, 1.807) is 12.1 Å². The number of nitrogens with one attached hydrogen (secondary N) is 1. The van der Waals surface area contributed by atoms with Crippen molar-refractivity contribution in [1.29, 1.82) is 0 Å². The van der Waals surface area contributed by atoms with Crippen molar-refractivity contribution in [3.8, 4) is 0 Å². The van der Waals surface area contributed by atoms with Crippen LogP contribution in [0.1, 0.15) is 36.2 Å². The minimum Gasteiger partial charge on any atom is -0.348 e. The van der Waals surface area contributed by atoms with Crippen LogP contribution in [0.3, 0.4) is 0 Å².